The van der Waals surface area contributed by atoms with E-state index in [1.807, 2.05) is 25.1 Å². The summed E-state index contributed by atoms with van der Waals surface area (Å²) in [6, 6.07) is 4.84. The molecule has 1 aromatic carbocycles. The van der Waals surface area contributed by atoms with Crippen LogP contribution in [0.5, 0.6) is 0 Å². The number of ether oxygens (including phenoxy) is 1. The van der Waals surface area contributed by atoms with Gasteiger partial charge >= 0.3 is 12.0 Å². The van der Waals surface area contributed by atoms with E-state index in [9.17, 15) is 9.59 Å². The van der Waals surface area contributed by atoms with Crippen molar-refractivity contribution in [3.8, 4) is 0 Å². The van der Waals surface area contributed by atoms with E-state index in [1.165, 1.54) is 0 Å². The number of aliphatic imine (C=N–C) groups is 1. The highest BCUT2D eigenvalue weighted by Gasteiger charge is 2.38. The number of carbonyl (C=O) groups excluding carboxylic acids is 2. The Morgan fingerprint density at radius 2 is 2.05 bits per heavy atom. The van der Waals surface area contributed by atoms with E-state index in [0.717, 1.165) is 15.6 Å². The predicted molar refractivity (Wildman–Crippen MR) is 88.0 cm³/mol. The minimum atomic E-state index is -0.616. The van der Waals surface area contributed by atoms with Gasteiger partial charge in [-0.2, -0.15) is 0 Å². The average molecular weight is 367 g/mol. The molecule has 118 valence electrons. The molecular formula is C16H19BrN2O3. The highest BCUT2D eigenvalue weighted by atomic mass is 79.9. The lowest BCUT2D eigenvalue weighted by atomic mass is 9.88. The average Bonchev–Trinajstić information content (AvgIpc) is 2.39. The molecule has 0 fully saturated rings. The second kappa shape index (κ2) is 6.60. The Bertz CT molecular complexity index is 640. The van der Waals surface area contributed by atoms with Crippen molar-refractivity contribution in [1.29, 1.82) is 0 Å². The minimum Gasteiger partial charge on any atom is -0.462 e. The zero-order valence-electron chi connectivity index (χ0n) is 13.0. The molecule has 2 atom stereocenters. The van der Waals surface area contributed by atoms with Crippen molar-refractivity contribution >= 4 is 33.6 Å². The van der Waals surface area contributed by atoms with Crippen molar-refractivity contribution in [3.05, 3.63) is 33.8 Å². The maximum absolute atomic E-state index is 12.4. The standard InChI is InChI=1S/C16H19BrN2O3/c1-8(2)22-15(20)13-10(4)18-16(21)19-14(13)11-6-5-9(3)12(17)7-11/h5-8,13-14H,1-4H3,(H,19,21). The fourth-order valence-electron chi connectivity index (χ4n) is 2.41. The molecule has 2 amide bonds. The van der Waals surface area contributed by atoms with Crippen molar-refractivity contribution < 1.29 is 14.3 Å². The number of halogens is 1. The van der Waals surface area contributed by atoms with E-state index < -0.39 is 18.0 Å². The van der Waals surface area contributed by atoms with Gasteiger partial charge in [-0.05, 0) is 44.9 Å². The van der Waals surface area contributed by atoms with Crippen LogP contribution in [0.25, 0.3) is 0 Å². The van der Waals surface area contributed by atoms with Crippen molar-refractivity contribution in [2.24, 2.45) is 10.9 Å². The van der Waals surface area contributed by atoms with Crippen LogP contribution >= 0.6 is 15.9 Å². The van der Waals surface area contributed by atoms with Gasteiger partial charge in [0.05, 0.1) is 12.1 Å². The molecule has 2 rings (SSSR count). The van der Waals surface area contributed by atoms with Crippen molar-refractivity contribution in [2.45, 2.75) is 39.8 Å². The summed E-state index contributed by atoms with van der Waals surface area (Å²) in [6.45, 7) is 7.25. The number of hydrogen-bond donors (Lipinski definition) is 1. The summed E-state index contributed by atoms with van der Waals surface area (Å²) in [7, 11) is 0. The van der Waals surface area contributed by atoms with Crippen LogP contribution in [0, 0.1) is 12.8 Å². The molecule has 0 aliphatic carbocycles. The van der Waals surface area contributed by atoms with E-state index in [4.69, 9.17) is 4.74 Å². The second-order valence-corrected chi connectivity index (χ2v) is 6.51. The van der Waals surface area contributed by atoms with Gasteiger partial charge in [0, 0.05) is 10.2 Å². The molecule has 1 N–H and O–H groups in total. The molecular weight excluding hydrogens is 348 g/mol. The first-order valence-corrected chi connectivity index (χ1v) is 7.91. The van der Waals surface area contributed by atoms with Gasteiger partial charge < -0.3 is 10.1 Å². The van der Waals surface area contributed by atoms with Crippen molar-refractivity contribution in [3.63, 3.8) is 0 Å². The molecule has 0 bridgehead atoms. The van der Waals surface area contributed by atoms with Gasteiger partial charge in [0.1, 0.15) is 5.92 Å². The number of nitrogens with zero attached hydrogens (tertiary/aromatic N) is 1. The molecule has 5 nitrogen and oxygen atoms in total. The number of amides is 2. The first-order chi connectivity index (χ1) is 10.3. The summed E-state index contributed by atoms with van der Waals surface area (Å²) in [5.74, 6) is -0.993. The lowest BCUT2D eigenvalue weighted by molar-refractivity contribution is -0.150. The fraction of sp³-hybridized carbons (Fsp3) is 0.438. The second-order valence-electron chi connectivity index (χ2n) is 5.65. The molecule has 6 heteroatoms. The van der Waals surface area contributed by atoms with Gasteiger partial charge in [-0.1, -0.05) is 28.1 Å². The number of esters is 1. The van der Waals surface area contributed by atoms with Crippen LogP contribution in [0.3, 0.4) is 0 Å². The molecule has 0 saturated heterocycles. The molecule has 2 unspecified atom stereocenters. The molecule has 0 aromatic heterocycles. The number of aryl methyl sites for hydroxylation is 1. The van der Waals surface area contributed by atoms with E-state index in [1.54, 1.807) is 20.8 Å². The third-order valence-electron chi connectivity index (χ3n) is 3.50. The van der Waals surface area contributed by atoms with Crippen molar-refractivity contribution in [2.75, 3.05) is 0 Å². The van der Waals surface area contributed by atoms with Crippen LogP contribution in [0.2, 0.25) is 0 Å². The minimum absolute atomic E-state index is 0.219. The normalized spacial score (nSPS) is 21.4. The number of nitrogens with one attached hydrogen (secondary N) is 1. The zero-order valence-corrected chi connectivity index (χ0v) is 14.6. The predicted octanol–water partition coefficient (Wildman–Crippen LogP) is 3.55. The Hall–Kier alpha value is -1.69. The number of carbonyl (C=O) groups is 2. The summed E-state index contributed by atoms with van der Waals surface area (Å²) in [6.07, 6.45) is -0.219. The summed E-state index contributed by atoms with van der Waals surface area (Å²) < 4.78 is 6.24. The largest absolute Gasteiger partial charge is 0.462 e. The quantitative estimate of drug-likeness (QED) is 0.831. The Kier molecular flexibility index (Phi) is 5.01. The van der Waals surface area contributed by atoms with Crippen LogP contribution < -0.4 is 5.32 Å². The van der Waals surface area contributed by atoms with Crippen molar-refractivity contribution in [1.82, 2.24) is 5.32 Å². The number of benzene rings is 1. The maximum atomic E-state index is 12.4. The highest BCUT2D eigenvalue weighted by Crippen LogP contribution is 2.30. The monoisotopic (exact) mass is 366 g/mol. The first-order valence-electron chi connectivity index (χ1n) is 7.12. The Balaban J connectivity index is 2.41. The molecule has 1 aliphatic rings. The molecule has 22 heavy (non-hydrogen) atoms. The summed E-state index contributed by atoms with van der Waals surface area (Å²) in [5, 5.41) is 2.77. The number of rotatable bonds is 3. The molecule has 1 heterocycles. The maximum Gasteiger partial charge on any atom is 0.341 e. The summed E-state index contributed by atoms with van der Waals surface area (Å²) in [5.41, 5.74) is 2.39. The first kappa shape index (κ1) is 16.7. The van der Waals surface area contributed by atoms with Crippen LogP contribution in [-0.2, 0) is 9.53 Å². The van der Waals surface area contributed by atoms with E-state index in [2.05, 4.69) is 26.2 Å². The fourth-order valence-corrected chi connectivity index (χ4v) is 2.81. The summed E-state index contributed by atoms with van der Waals surface area (Å²) in [4.78, 5) is 28.0. The van der Waals surface area contributed by atoms with E-state index in [-0.39, 0.29) is 12.1 Å². The molecule has 0 saturated carbocycles. The highest BCUT2D eigenvalue weighted by molar-refractivity contribution is 9.10. The zero-order chi connectivity index (χ0) is 16.4. The summed E-state index contributed by atoms with van der Waals surface area (Å²) >= 11 is 3.48. The van der Waals surface area contributed by atoms with Crippen LogP contribution in [0.15, 0.2) is 27.7 Å². The van der Waals surface area contributed by atoms with Crippen LogP contribution in [-0.4, -0.2) is 23.8 Å². The van der Waals surface area contributed by atoms with E-state index >= 15 is 0 Å². The van der Waals surface area contributed by atoms with Crippen LogP contribution in [0.4, 0.5) is 4.79 Å². The third kappa shape index (κ3) is 3.55. The number of urea groups is 1. The third-order valence-corrected chi connectivity index (χ3v) is 4.36. The smallest absolute Gasteiger partial charge is 0.341 e. The molecule has 0 radical (unpaired) electrons. The lowest BCUT2D eigenvalue weighted by Gasteiger charge is -2.30. The Morgan fingerprint density at radius 1 is 1.36 bits per heavy atom. The molecule has 1 aromatic rings. The van der Waals surface area contributed by atoms with E-state index in [0.29, 0.717) is 5.71 Å². The SMILES string of the molecule is CC1=NC(=O)NC(c2ccc(C)c(Br)c2)C1C(=O)OC(C)C. The van der Waals surface area contributed by atoms with Crippen LogP contribution in [0.1, 0.15) is 37.9 Å². The van der Waals surface area contributed by atoms with Gasteiger partial charge in [-0.15, -0.1) is 0 Å². The molecule has 1 aliphatic heterocycles. The lowest BCUT2D eigenvalue weighted by Crippen LogP contribution is -2.44. The van der Waals surface area contributed by atoms with Gasteiger partial charge in [0.25, 0.3) is 0 Å². The number of hydrogen-bond acceptors (Lipinski definition) is 3. The Morgan fingerprint density at radius 3 is 2.64 bits per heavy atom. The van der Waals surface area contributed by atoms with Gasteiger partial charge in [-0.25, -0.2) is 9.79 Å². The Labute approximate surface area is 138 Å². The van der Waals surface area contributed by atoms with Gasteiger partial charge in [-0.3, -0.25) is 4.79 Å². The van der Waals surface area contributed by atoms with Gasteiger partial charge in [0.2, 0.25) is 0 Å². The van der Waals surface area contributed by atoms with Gasteiger partial charge in [0.15, 0.2) is 0 Å². The topological polar surface area (TPSA) is 67.8 Å². The molecule has 0 spiro atoms.